The van der Waals surface area contributed by atoms with Gasteiger partial charge in [0.1, 0.15) is 28.9 Å². The number of hydrogen-bond acceptors (Lipinski definition) is 9. The van der Waals surface area contributed by atoms with Crippen LogP contribution in [-0.4, -0.2) is 90.6 Å². The maximum atomic E-state index is 15.5. The highest BCUT2D eigenvalue weighted by molar-refractivity contribution is 5.95. The van der Waals surface area contributed by atoms with Crippen LogP contribution in [-0.2, 0) is 30.3 Å². The number of nitrogens with one attached hydrogen (secondary N) is 1. The molecule has 12 heteroatoms. The number of carbonyl (C=O) groups excluding carboxylic acids is 4. The predicted molar refractivity (Wildman–Crippen MR) is 206 cm³/mol. The topological polar surface area (TPSA) is 173 Å². The van der Waals surface area contributed by atoms with Crippen LogP contribution >= 0.6 is 0 Å². The van der Waals surface area contributed by atoms with Gasteiger partial charge in [0, 0.05) is 11.6 Å². The molecule has 0 aliphatic heterocycles. The van der Waals surface area contributed by atoms with Gasteiger partial charge in [0.15, 0.2) is 0 Å². The zero-order valence-corrected chi connectivity index (χ0v) is 33.9. The molecule has 1 aromatic heterocycles. The van der Waals surface area contributed by atoms with Crippen molar-refractivity contribution in [3.8, 4) is 0 Å². The number of aliphatic hydroxyl groups is 2. The number of rotatable bonds is 14. The summed E-state index contributed by atoms with van der Waals surface area (Å²) >= 11 is 0. The lowest BCUT2D eigenvalue weighted by Crippen LogP contribution is -2.70. The summed E-state index contributed by atoms with van der Waals surface area (Å²) in [6.45, 7) is 19.8. The molecule has 0 saturated heterocycles. The van der Waals surface area contributed by atoms with Crippen LogP contribution in [0.15, 0.2) is 30.5 Å². The van der Waals surface area contributed by atoms with Gasteiger partial charge < -0.3 is 35.6 Å². The highest BCUT2D eigenvalue weighted by Crippen LogP contribution is 2.41. The van der Waals surface area contributed by atoms with Crippen LogP contribution < -0.4 is 11.1 Å². The lowest BCUT2D eigenvalue weighted by molar-refractivity contribution is -0.185. The molecule has 298 valence electrons. The Balaban J connectivity index is 2.41. The maximum absolute atomic E-state index is 15.5. The number of nitrogens with zero attached hydrogens (tertiary/aromatic N) is 2. The number of ether oxygens (including phenoxy) is 2. The van der Waals surface area contributed by atoms with Crippen molar-refractivity contribution in [2.24, 2.45) is 17.6 Å². The Kier molecular flexibility index (Phi) is 14.7. The van der Waals surface area contributed by atoms with Crippen LogP contribution in [0.4, 0.5) is 4.79 Å². The first kappa shape index (κ1) is 43.9. The van der Waals surface area contributed by atoms with Crippen LogP contribution in [0.25, 0.3) is 10.9 Å². The highest BCUT2D eigenvalue weighted by Gasteiger charge is 2.55. The number of hydrogen-bond donors (Lipinski definition) is 4. The number of nitrogens with two attached hydrogens (primary N) is 1. The van der Waals surface area contributed by atoms with E-state index in [0.29, 0.717) is 35.7 Å². The molecule has 2 aromatic rings. The Bertz CT molecular complexity index is 1560. The molecule has 6 atom stereocenters. The third kappa shape index (κ3) is 11.0. The predicted octanol–water partition coefficient (Wildman–Crippen LogP) is 5.85. The first-order valence-electron chi connectivity index (χ1n) is 19.3. The molecule has 0 bridgehead atoms. The summed E-state index contributed by atoms with van der Waals surface area (Å²) in [6, 6.07) is 4.05. The molecular formula is C41H66N4O8. The Hall–Kier alpha value is -3.48. The lowest BCUT2D eigenvalue weighted by Gasteiger charge is -2.51. The summed E-state index contributed by atoms with van der Waals surface area (Å²) in [5.41, 5.74) is 3.92. The first-order valence-corrected chi connectivity index (χ1v) is 19.3. The third-order valence-electron chi connectivity index (χ3n) is 10.00. The Morgan fingerprint density at radius 3 is 2.06 bits per heavy atom. The van der Waals surface area contributed by atoms with E-state index in [2.05, 4.69) is 5.32 Å². The SMILES string of the molecule is CC[C@H](C)[C@H](NC(=O)[C@H](C)N)C(=O)N([C@@H](Cc1cn(C(=O)OC(C)(C)C)c2ccccc12)[C@@H](O)[C@@H](O)CC(C)C)C1(C(=O)OC(C)(C)C)CCCCC1. The Morgan fingerprint density at radius 2 is 1.53 bits per heavy atom. The number of aliphatic hydroxyl groups excluding tert-OH is 2. The van der Waals surface area contributed by atoms with E-state index in [1.807, 2.05) is 39.8 Å². The zero-order valence-electron chi connectivity index (χ0n) is 33.9. The van der Waals surface area contributed by atoms with Crippen LogP contribution in [0.1, 0.15) is 127 Å². The molecule has 1 aromatic carbocycles. The molecule has 5 N–H and O–H groups in total. The van der Waals surface area contributed by atoms with Crippen molar-refractivity contribution >= 4 is 34.8 Å². The molecule has 3 rings (SSSR count). The second kappa shape index (κ2) is 17.8. The van der Waals surface area contributed by atoms with Gasteiger partial charge in [-0.25, -0.2) is 9.59 Å². The molecular weight excluding hydrogens is 676 g/mol. The normalized spacial score (nSPS) is 18.4. The van der Waals surface area contributed by atoms with Crippen LogP contribution in [0.2, 0.25) is 0 Å². The van der Waals surface area contributed by atoms with E-state index in [9.17, 15) is 24.6 Å². The van der Waals surface area contributed by atoms with Gasteiger partial charge in [0.25, 0.3) is 0 Å². The minimum Gasteiger partial charge on any atom is -0.458 e. The van der Waals surface area contributed by atoms with Crippen molar-refractivity contribution in [1.29, 1.82) is 0 Å². The summed E-state index contributed by atoms with van der Waals surface area (Å²) in [5.74, 6) is -2.11. The first-order chi connectivity index (χ1) is 24.5. The van der Waals surface area contributed by atoms with Gasteiger partial charge in [0.05, 0.1) is 23.7 Å². The van der Waals surface area contributed by atoms with Crippen LogP contribution in [0.5, 0.6) is 0 Å². The number of benzene rings is 1. The number of para-hydroxylation sites is 1. The summed E-state index contributed by atoms with van der Waals surface area (Å²) in [7, 11) is 0. The molecule has 1 fully saturated rings. The van der Waals surface area contributed by atoms with Crippen molar-refractivity contribution in [2.45, 2.75) is 175 Å². The molecule has 12 nitrogen and oxygen atoms in total. The average molecular weight is 743 g/mol. The average Bonchev–Trinajstić information content (AvgIpc) is 3.43. The van der Waals surface area contributed by atoms with E-state index in [-0.39, 0.29) is 37.5 Å². The summed E-state index contributed by atoms with van der Waals surface area (Å²) in [4.78, 5) is 58.3. The van der Waals surface area contributed by atoms with E-state index in [0.717, 1.165) is 6.42 Å². The number of fused-ring (bicyclic) bond motifs is 1. The van der Waals surface area contributed by atoms with Gasteiger partial charge in [0.2, 0.25) is 11.8 Å². The monoisotopic (exact) mass is 742 g/mol. The summed E-state index contributed by atoms with van der Waals surface area (Å²) < 4.78 is 13.3. The molecule has 1 aliphatic rings. The Labute approximate surface area is 316 Å². The second-order valence-corrected chi connectivity index (χ2v) is 17.4. The lowest BCUT2D eigenvalue weighted by atomic mass is 9.76. The van der Waals surface area contributed by atoms with Crippen molar-refractivity contribution in [3.63, 3.8) is 0 Å². The molecule has 53 heavy (non-hydrogen) atoms. The van der Waals surface area contributed by atoms with Crippen molar-refractivity contribution in [2.75, 3.05) is 0 Å². The van der Waals surface area contributed by atoms with Crippen molar-refractivity contribution in [1.82, 2.24) is 14.8 Å². The third-order valence-corrected chi connectivity index (χ3v) is 10.00. The van der Waals surface area contributed by atoms with Gasteiger partial charge in [-0.05, 0) is 97.6 Å². The standard InChI is InChI=1S/C41H66N4O8/c1-12-26(4)33(43-35(48)27(5)42)36(49)45(41(20-16-13-17-21-41)37(50)52-39(6,7)8)31(34(47)32(46)22-25(2)3)23-28-24-44(38(51)53-40(9,10)11)30-19-15-14-18-29(28)30/h14-15,18-19,24-27,31-34,46-47H,12-13,16-17,20-23,42H2,1-11H3,(H,43,48)/t26-,27-,31-,32-,33-,34+/m0/s1. The largest absolute Gasteiger partial charge is 0.458 e. The minimum absolute atomic E-state index is 0.00813. The van der Waals surface area contributed by atoms with Gasteiger partial charge in [-0.15, -0.1) is 0 Å². The maximum Gasteiger partial charge on any atom is 0.419 e. The Morgan fingerprint density at radius 1 is 0.943 bits per heavy atom. The van der Waals surface area contributed by atoms with E-state index < -0.39 is 71.0 Å². The fourth-order valence-corrected chi connectivity index (χ4v) is 7.21. The molecule has 2 amide bonds. The minimum atomic E-state index is -1.54. The molecule has 0 unspecified atom stereocenters. The molecule has 1 aliphatic carbocycles. The zero-order chi connectivity index (χ0) is 40.1. The molecule has 0 spiro atoms. The number of amides is 2. The number of esters is 1. The second-order valence-electron chi connectivity index (χ2n) is 17.4. The molecule has 1 saturated carbocycles. The van der Waals surface area contributed by atoms with Crippen molar-refractivity contribution < 1.29 is 38.9 Å². The van der Waals surface area contributed by atoms with E-state index in [1.54, 1.807) is 59.9 Å². The van der Waals surface area contributed by atoms with Gasteiger partial charge >= 0.3 is 12.1 Å². The number of aromatic nitrogens is 1. The fourth-order valence-electron chi connectivity index (χ4n) is 7.21. The van der Waals surface area contributed by atoms with Gasteiger partial charge in [-0.1, -0.05) is 71.6 Å². The quantitative estimate of drug-likeness (QED) is 0.173. The van der Waals surface area contributed by atoms with Crippen molar-refractivity contribution in [3.05, 3.63) is 36.0 Å². The van der Waals surface area contributed by atoms with Crippen LogP contribution in [0, 0.1) is 11.8 Å². The van der Waals surface area contributed by atoms with E-state index >= 15 is 4.79 Å². The van der Waals surface area contributed by atoms with Gasteiger partial charge in [-0.3, -0.25) is 14.2 Å². The van der Waals surface area contributed by atoms with E-state index in [1.165, 1.54) is 16.4 Å². The molecule has 0 radical (unpaired) electrons. The van der Waals surface area contributed by atoms with Gasteiger partial charge in [-0.2, -0.15) is 0 Å². The summed E-state index contributed by atoms with van der Waals surface area (Å²) in [5, 5.41) is 27.5. The van der Waals surface area contributed by atoms with E-state index in [4.69, 9.17) is 15.2 Å². The fraction of sp³-hybridized carbons (Fsp3) is 0.707. The molecule has 1 heterocycles. The smallest absolute Gasteiger partial charge is 0.419 e. The highest BCUT2D eigenvalue weighted by atomic mass is 16.6. The van der Waals surface area contributed by atoms with Crippen LogP contribution in [0.3, 0.4) is 0 Å². The number of carbonyl (C=O) groups is 4. The summed E-state index contributed by atoms with van der Waals surface area (Å²) in [6.07, 6.45) is 1.46.